The van der Waals surface area contributed by atoms with Crippen molar-refractivity contribution in [2.75, 3.05) is 5.32 Å². The van der Waals surface area contributed by atoms with Crippen LogP contribution in [0.15, 0.2) is 60.8 Å². The fraction of sp³-hybridized carbons (Fsp3) is 0.227. The molecule has 0 atom stereocenters. The average molecular weight is 386 g/mol. The first-order chi connectivity index (χ1) is 14.2. The van der Waals surface area contributed by atoms with E-state index in [0.29, 0.717) is 17.2 Å². The summed E-state index contributed by atoms with van der Waals surface area (Å²) in [4.78, 5) is 16.8. The number of hydrogen-bond acceptors (Lipinski definition) is 5. The molecule has 0 saturated carbocycles. The van der Waals surface area contributed by atoms with Gasteiger partial charge in [-0.2, -0.15) is 9.61 Å². The highest BCUT2D eigenvalue weighted by Gasteiger charge is 2.15. The molecule has 7 heteroatoms. The predicted octanol–water partition coefficient (Wildman–Crippen LogP) is 4.23. The molecule has 0 aliphatic heterocycles. The van der Waals surface area contributed by atoms with E-state index in [1.165, 1.54) is 0 Å². The SMILES string of the molecule is CCC(CC)C(=O)Nc1cccc(-c2ccc3nnc(-c4ccccn4)n3n2)c1. The molecule has 7 nitrogen and oxygen atoms in total. The molecule has 0 radical (unpaired) electrons. The summed E-state index contributed by atoms with van der Waals surface area (Å²) in [7, 11) is 0. The lowest BCUT2D eigenvalue weighted by Gasteiger charge is -2.13. The molecule has 0 aliphatic rings. The van der Waals surface area contributed by atoms with Crippen molar-refractivity contribution in [3.8, 4) is 22.8 Å². The molecular weight excluding hydrogens is 364 g/mol. The number of hydrogen-bond donors (Lipinski definition) is 1. The number of pyridine rings is 1. The summed E-state index contributed by atoms with van der Waals surface area (Å²) in [5.41, 5.74) is 3.77. The van der Waals surface area contributed by atoms with E-state index in [1.54, 1.807) is 10.7 Å². The summed E-state index contributed by atoms with van der Waals surface area (Å²) in [5, 5.41) is 16.1. The number of fused-ring (bicyclic) bond motifs is 1. The fourth-order valence-electron chi connectivity index (χ4n) is 3.26. The molecule has 0 unspecified atom stereocenters. The van der Waals surface area contributed by atoms with Gasteiger partial charge in [0.1, 0.15) is 5.69 Å². The summed E-state index contributed by atoms with van der Waals surface area (Å²) in [6.07, 6.45) is 3.36. The Labute approximate surface area is 168 Å². The molecule has 0 saturated heterocycles. The van der Waals surface area contributed by atoms with E-state index in [2.05, 4.69) is 20.5 Å². The molecule has 0 aliphatic carbocycles. The van der Waals surface area contributed by atoms with Crippen molar-refractivity contribution in [3.05, 3.63) is 60.8 Å². The van der Waals surface area contributed by atoms with Crippen LogP contribution in [-0.4, -0.2) is 30.7 Å². The Balaban J connectivity index is 1.67. The second kappa shape index (κ2) is 8.18. The summed E-state index contributed by atoms with van der Waals surface area (Å²) in [6, 6.07) is 17.1. The zero-order chi connectivity index (χ0) is 20.2. The summed E-state index contributed by atoms with van der Waals surface area (Å²) in [5.74, 6) is 0.651. The van der Waals surface area contributed by atoms with Crippen molar-refractivity contribution in [2.24, 2.45) is 5.92 Å². The van der Waals surface area contributed by atoms with Gasteiger partial charge in [0.05, 0.1) is 5.69 Å². The average Bonchev–Trinajstić information content (AvgIpc) is 3.19. The van der Waals surface area contributed by atoms with Gasteiger partial charge in [-0.25, -0.2) is 0 Å². The lowest BCUT2D eigenvalue weighted by molar-refractivity contribution is -0.120. The zero-order valence-electron chi connectivity index (χ0n) is 16.4. The molecule has 3 aromatic heterocycles. The first-order valence-electron chi connectivity index (χ1n) is 9.74. The molecule has 1 aromatic carbocycles. The van der Waals surface area contributed by atoms with E-state index in [1.807, 2.05) is 68.4 Å². The molecule has 0 bridgehead atoms. The normalized spacial score (nSPS) is 11.1. The van der Waals surface area contributed by atoms with Gasteiger partial charge in [0, 0.05) is 23.4 Å². The maximum absolute atomic E-state index is 12.4. The van der Waals surface area contributed by atoms with Gasteiger partial charge in [-0.05, 0) is 49.2 Å². The Kier molecular flexibility index (Phi) is 5.29. The first-order valence-corrected chi connectivity index (χ1v) is 9.74. The van der Waals surface area contributed by atoms with Crippen LogP contribution in [0, 0.1) is 5.92 Å². The minimum atomic E-state index is 0.0195. The van der Waals surface area contributed by atoms with Crippen LogP contribution >= 0.6 is 0 Å². The van der Waals surface area contributed by atoms with Gasteiger partial charge in [-0.15, -0.1) is 10.2 Å². The Morgan fingerprint density at radius 2 is 1.86 bits per heavy atom. The molecule has 0 fully saturated rings. The molecule has 0 spiro atoms. The van der Waals surface area contributed by atoms with Crippen molar-refractivity contribution in [2.45, 2.75) is 26.7 Å². The highest BCUT2D eigenvalue weighted by atomic mass is 16.1. The highest BCUT2D eigenvalue weighted by Crippen LogP contribution is 2.23. The number of aromatic nitrogens is 5. The van der Waals surface area contributed by atoms with E-state index in [9.17, 15) is 4.79 Å². The maximum atomic E-state index is 12.4. The Morgan fingerprint density at radius 1 is 1.00 bits per heavy atom. The number of nitrogens with one attached hydrogen (secondary N) is 1. The highest BCUT2D eigenvalue weighted by molar-refractivity contribution is 5.93. The number of carbonyl (C=O) groups excluding carboxylic acids is 1. The Bertz CT molecular complexity index is 1130. The van der Waals surface area contributed by atoms with Crippen LogP contribution in [0.25, 0.3) is 28.4 Å². The number of amides is 1. The number of rotatable bonds is 6. The van der Waals surface area contributed by atoms with Crippen LogP contribution in [-0.2, 0) is 4.79 Å². The van der Waals surface area contributed by atoms with Crippen LogP contribution < -0.4 is 5.32 Å². The van der Waals surface area contributed by atoms with Crippen LogP contribution in [0.4, 0.5) is 5.69 Å². The molecule has 29 heavy (non-hydrogen) atoms. The van der Waals surface area contributed by atoms with Crippen LogP contribution in [0.1, 0.15) is 26.7 Å². The number of nitrogens with zero attached hydrogens (tertiary/aromatic N) is 5. The smallest absolute Gasteiger partial charge is 0.227 e. The summed E-state index contributed by atoms with van der Waals surface area (Å²) in [6.45, 7) is 4.06. The Morgan fingerprint density at radius 3 is 2.62 bits per heavy atom. The van der Waals surface area contributed by atoms with E-state index in [4.69, 9.17) is 5.10 Å². The van der Waals surface area contributed by atoms with Crippen molar-refractivity contribution >= 4 is 17.2 Å². The lowest BCUT2D eigenvalue weighted by atomic mass is 10.0. The third-order valence-corrected chi connectivity index (χ3v) is 4.94. The van der Waals surface area contributed by atoms with Crippen LogP contribution in [0.2, 0.25) is 0 Å². The number of anilines is 1. The number of carbonyl (C=O) groups is 1. The quantitative estimate of drug-likeness (QED) is 0.536. The third-order valence-electron chi connectivity index (χ3n) is 4.94. The van der Waals surface area contributed by atoms with Gasteiger partial charge >= 0.3 is 0 Å². The fourth-order valence-corrected chi connectivity index (χ4v) is 3.26. The van der Waals surface area contributed by atoms with Gasteiger partial charge in [-0.1, -0.05) is 32.0 Å². The standard InChI is InChI=1S/C22H22N6O/c1-3-15(4-2)22(29)24-17-9-7-8-16(14-17)18-11-12-20-25-26-21(28(20)27-18)19-10-5-6-13-23-19/h5-15H,3-4H2,1-2H3,(H,24,29). The molecule has 146 valence electrons. The lowest BCUT2D eigenvalue weighted by Crippen LogP contribution is -2.21. The Hall–Kier alpha value is -3.61. The second-order valence-corrected chi connectivity index (χ2v) is 6.81. The van der Waals surface area contributed by atoms with Crippen LogP contribution in [0.5, 0.6) is 0 Å². The maximum Gasteiger partial charge on any atom is 0.227 e. The van der Waals surface area contributed by atoms with Gasteiger partial charge in [0.2, 0.25) is 11.7 Å². The molecule has 1 N–H and O–H groups in total. The van der Waals surface area contributed by atoms with Crippen molar-refractivity contribution < 1.29 is 4.79 Å². The van der Waals surface area contributed by atoms with E-state index >= 15 is 0 Å². The molecule has 4 rings (SSSR count). The van der Waals surface area contributed by atoms with Crippen molar-refractivity contribution in [1.29, 1.82) is 0 Å². The van der Waals surface area contributed by atoms with Crippen LogP contribution in [0.3, 0.4) is 0 Å². The molecule has 1 amide bonds. The van der Waals surface area contributed by atoms with Gasteiger partial charge in [0.15, 0.2) is 5.65 Å². The topological polar surface area (TPSA) is 85.1 Å². The van der Waals surface area contributed by atoms with E-state index in [-0.39, 0.29) is 11.8 Å². The van der Waals surface area contributed by atoms with Crippen molar-refractivity contribution in [1.82, 2.24) is 24.8 Å². The van der Waals surface area contributed by atoms with E-state index in [0.717, 1.165) is 29.8 Å². The third kappa shape index (κ3) is 3.85. The zero-order valence-corrected chi connectivity index (χ0v) is 16.4. The minimum absolute atomic E-state index is 0.0195. The van der Waals surface area contributed by atoms with E-state index < -0.39 is 0 Å². The molecule has 3 heterocycles. The molecular formula is C22H22N6O. The predicted molar refractivity (Wildman–Crippen MR) is 112 cm³/mol. The first kappa shape index (κ1) is 18.7. The summed E-state index contributed by atoms with van der Waals surface area (Å²) >= 11 is 0. The summed E-state index contributed by atoms with van der Waals surface area (Å²) < 4.78 is 1.69. The number of benzene rings is 1. The van der Waals surface area contributed by atoms with Crippen molar-refractivity contribution in [3.63, 3.8) is 0 Å². The van der Waals surface area contributed by atoms with Gasteiger partial charge in [-0.3, -0.25) is 9.78 Å². The minimum Gasteiger partial charge on any atom is -0.326 e. The van der Waals surface area contributed by atoms with Gasteiger partial charge in [0.25, 0.3) is 0 Å². The molecule has 4 aromatic rings. The second-order valence-electron chi connectivity index (χ2n) is 6.81. The monoisotopic (exact) mass is 386 g/mol. The largest absolute Gasteiger partial charge is 0.326 e. The van der Waals surface area contributed by atoms with Gasteiger partial charge < -0.3 is 5.32 Å².